The molecule has 8 nitrogen and oxygen atoms in total. The van der Waals surface area contributed by atoms with Crippen LogP contribution >= 0.6 is 0 Å². The first-order valence-corrected chi connectivity index (χ1v) is 11.6. The van der Waals surface area contributed by atoms with Crippen molar-refractivity contribution < 1.29 is 9.59 Å². The molecule has 0 spiro atoms. The van der Waals surface area contributed by atoms with Gasteiger partial charge in [0.05, 0.1) is 24.3 Å². The fourth-order valence-electron chi connectivity index (χ4n) is 4.69. The summed E-state index contributed by atoms with van der Waals surface area (Å²) in [5.41, 5.74) is 2.21. The molecular formula is C25H28N6O2. The molecule has 1 unspecified atom stereocenters. The Morgan fingerprint density at radius 1 is 1.15 bits per heavy atom. The number of aromatic nitrogens is 3. The number of nitrogens with one attached hydrogen (secondary N) is 1. The van der Waals surface area contributed by atoms with Crippen LogP contribution in [0.3, 0.4) is 0 Å². The summed E-state index contributed by atoms with van der Waals surface area (Å²) in [6, 6.07) is 13.8. The molecule has 1 atom stereocenters. The van der Waals surface area contributed by atoms with Gasteiger partial charge in [0.15, 0.2) is 5.82 Å². The number of amides is 2. The summed E-state index contributed by atoms with van der Waals surface area (Å²) >= 11 is 0. The molecule has 33 heavy (non-hydrogen) atoms. The van der Waals surface area contributed by atoms with Crippen LogP contribution in [-0.4, -0.2) is 50.6 Å². The maximum Gasteiger partial charge on any atom is 0.255 e. The van der Waals surface area contributed by atoms with E-state index in [2.05, 4.69) is 15.4 Å². The Kier molecular flexibility index (Phi) is 6.06. The molecule has 8 heteroatoms. The van der Waals surface area contributed by atoms with Crippen molar-refractivity contribution in [2.24, 2.45) is 0 Å². The van der Waals surface area contributed by atoms with Crippen molar-refractivity contribution in [1.29, 1.82) is 0 Å². The highest BCUT2D eigenvalue weighted by atomic mass is 16.2. The SMILES string of the molecule is O=C1CNc2ncc(C(=O)N3CCCCC3CCn3cccn3)cc2N1Cc1ccccc1. The lowest BCUT2D eigenvalue weighted by Gasteiger charge is -2.36. The summed E-state index contributed by atoms with van der Waals surface area (Å²) in [7, 11) is 0. The molecule has 0 aliphatic carbocycles. The van der Waals surface area contributed by atoms with Crippen LogP contribution in [0, 0.1) is 0 Å². The van der Waals surface area contributed by atoms with Crippen molar-refractivity contribution in [1.82, 2.24) is 19.7 Å². The topological polar surface area (TPSA) is 83.4 Å². The second-order valence-corrected chi connectivity index (χ2v) is 8.62. The van der Waals surface area contributed by atoms with E-state index in [4.69, 9.17) is 0 Å². The predicted molar refractivity (Wildman–Crippen MR) is 126 cm³/mol. The highest BCUT2D eigenvalue weighted by Gasteiger charge is 2.30. The number of aryl methyl sites for hydroxylation is 1. The monoisotopic (exact) mass is 444 g/mol. The zero-order valence-electron chi connectivity index (χ0n) is 18.6. The zero-order valence-corrected chi connectivity index (χ0v) is 18.6. The summed E-state index contributed by atoms with van der Waals surface area (Å²) in [5.74, 6) is 0.580. The number of nitrogens with zero attached hydrogens (tertiary/aromatic N) is 5. The third-order valence-corrected chi connectivity index (χ3v) is 6.44. The first-order valence-electron chi connectivity index (χ1n) is 11.6. The van der Waals surface area contributed by atoms with Gasteiger partial charge in [-0.3, -0.25) is 14.3 Å². The number of benzene rings is 1. The van der Waals surface area contributed by atoms with E-state index in [0.717, 1.165) is 44.3 Å². The van der Waals surface area contributed by atoms with E-state index in [1.54, 1.807) is 17.3 Å². The maximum atomic E-state index is 13.5. The fraction of sp³-hybridized carbons (Fsp3) is 0.360. The molecule has 3 aromatic rings. The van der Waals surface area contributed by atoms with Crippen LogP contribution < -0.4 is 10.2 Å². The maximum absolute atomic E-state index is 13.5. The van der Waals surface area contributed by atoms with E-state index in [0.29, 0.717) is 23.6 Å². The second-order valence-electron chi connectivity index (χ2n) is 8.62. The first kappa shape index (κ1) is 21.2. The Morgan fingerprint density at radius 2 is 2.03 bits per heavy atom. The molecule has 4 heterocycles. The number of likely N-dealkylation sites (tertiary alicyclic amines) is 1. The Hall–Kier alpha value is -3.68. The number of carbonyl (C=O) groups is 2. The molecule has 0 bridgehead atoms. The van der Waals surface area contributed by atoms with Crippen LogP contribution in [0.2, 0.25) is 0 Å². The summed E-state index contributed by atoms with van der Waals surface area (Å²) in [4.78, 5) is 34.5. The van der Waals surface area contributed by atoms with Crippen LogP contribution in [0.4, 0.5) is 11.5 Å². The minimum Gasteiger partial charge on any atom is -0.359 e. The van der Waals surface area contributed by atoms with E-state index >= 15 is 0 Å². The van der Waals surface area contributed by atoms with Crippen LogP contribution in [0.5, 0.6) is 0 Å². The van der Waals surface area contributed by atoms with E-state index < -0.39 is 0 Å². The number of piperidine rings is 1. The lowest BCUT2D eigenvalue weighted by molar-refractivity contribution is -0.117. The van der Waals surface area contributed by atoms with Crippen molar-refractivity contribution in [3.63, 3.8) is 0 Å². The first-order chi connectivity index (χ1) is 16.2. The Morgan fingerprint density at radius 3 is 2.85 bits per heavy atom. The van der Waals surface area contributed by atoms with Gasteiger partial charge in [-0.1, -0.05) is 30.3 Å². The smallest absolute Gasteiger partial charge is 0.255 e. The molecular weight excluding hydrogens is 416 g/mol. The number of rotatable bonds is 6. The van der Waals surface area contributed by atoms with Gasteiger partial charge in [0.2, 0.25) is 5.91 Å². The van der Waals surface area contributed by atoms with Crippen LogP contribution in [0.15, 0.2) is 61.1 Å². The van der Waals surface area contributed by atoms with E-state index in [-0.39, 0.29) is 24.4 Å². The van der Waals surface area contributed by atoms with Gasteiger partial charge in [-0.2, -0.15) is 5.10 Å². The molecule has 5 rings (SSSR count). The Bertz CT molecular complexity index is 1120. The van der Waals surface area contributed by atoms with Crippen molar-refractivity contribution in [3.05, 3.63) is 72.2 Å². The highest BCUT2D eigenvalue weighted by molar-refractivity contribution is 6.04. The molecule has 1 N–H and O–H groups in total. The number of hydrogen-bond donors (Lipinski definition) is 1. The normalized spacial score (nSPS) is 18.1. The van der Waals surface area contributed by atoms with Gasteiger partial charge in [-0.05, 0) is 43.4 Å². The van der Waals surface area contributed by atoms with E-state index in [1.807, 2.05) is 58.2 Å². The standard InChI is InChI=1S/C25H28N6O2/c32-23-17-27-24-22(31(23)18-19-7-2-1-3-8-19)15-20(16-26-24)25(33)30-13-5-4-9-21(30)10-14-29-12-6-11-28-29/h1-3,6-8,11-12,15-16,21H,4-5,9-10,13-14,17-18H2,(H,26,27). The third-order valence-electron chi connectivity index (χ3n) is 6.44. The third kappa shape index (κ3) is 4.60. The molecule has 2 aromatic heterocycles. The minimum atomic E-state index is -0.0344. The van der Waals surface area contributed by atoms with Gasteiger partial charge >= 0.3 is 0 Å². The number of anilines is 2. The largest absolute Gasteiger partial charge is 0.359 e. The molecule has 2 aliphatic heterocycles. The van der Waals surface area contributed by atoms with Crippen LogP contribution in [-0.2, 0) is 17.9 Å². The summed E-state index contributed by atoms with van der Waals surface area (Å²) in [6.07, 6.45) is 9.34. The van der Waals surface area contributed by atoms with Crippen molar-refractivity contribution in [2.45, 2.75) is 44.8 Å². The number of fused-ring (bicyclic) bond motifs is 1. The Labute approximate surface area is 193 Å². The van der Waals surface area contributed by atoms with Crippen molar-refractivity contribution in [3.8, 4) is 0 Å². The molecule has 1 aromatic carbocycles. The van der Waals surface area contributed by atoms with Crippen molar-refractivity contribution >= 4 is 23.3 Å². The van der Waals surface area contributed by atoms with Gasteiger partial charge in [0.25, 0.3) is 5.91 Å². The van der Waals surface area contributed by atoms with E-state index in [9.17, 15) is 9.59 Å². The van der Waals surface area contributed by atoms with E-state index in [1.165, 1.54) is 0 Å². The van der Waals surface area contributed by atoms with Gasteiger partial charge in [0, 0.05) is 37.7 Å². The lowest BCUT2D eigenvalue weighted by Crippen LogP contribution is -2.44. The molecule has 0 radical (unpaired) electrons. The second kappa shape index (κ2) is 9.44. The Balaban J connectivity index is 1.37. The number of carbonyl (C=O) groups excluding carboxylic acids is 2. The van der Waals surface area contributed by atoms with Gasteiger partial charge in [-0.25, -0.2) is 4.98 Å². The highest BCUT2D eigenvalue weighted by Crippen LogP contribution is 2.31. The van der Waals surface area contributed by atoms with Crippen molar-refractivity contribution in [2.75, 3.05) is 23.3 Å². The molecule has 2 amide bonds. The predicted octanol–water partition coefficient (Wildman–Crippen LogP) is 3.32. The van der Waals surface area contributed by atoms with Gasteiger partial charge in [0.1, 0.15) is 0 Å². The summed E-state index contributed by atoms with van der Waals surface area (Å²) in [5, 5.41) is 7.37. The summed E-state index contributed by atoms with van der Waals surface area (Å²) in [6.45, 7) is 2.17. The number of hydrogen-bond acceptors (Lipinski definition) is 5. The van der Waals surface area contributed by atoms with Gasteiger partial charge in [-0.15, -0.1) is 0 Å². The average molecular weight is 445 g/mol. The summed E-state index contributed by atoms with van der Waals surface area (Å²) < 4.78 is 1.91. The molecule has 1 fully saturated rings. The molecule has 0 saturated carbocycles. The fourth-order valence-corrected chi connectivity index (χ4v) is 4.69. The zero-order chi connectivity index (χ0) is 22.6. The van der Waals surface area contributed by atoms with Crippen LogP contribution in [0.25, 0.3) is 0 Å². The van der Waals surface area contributed by atoms with Gasteiger partial charge < -0.3 is 15.1 Å². The molecule has 170 valence electrons. The molecule has 2 aliphatic rings. The number of pyridine rings is 1. The lowest BCUT2D eigenvalue weighted by atomic mass is 9.98. The quantitative estimate of drug-likeness (QED) is 0.631. The average Bonchev–Trinajstić information content (AvgIpc) is 3.38. The van der Waals surface area contributed by atoms with Crippen LogP contribution in [0.1, 0.15) is 41.6 Å². The minimum absolute atomic E-state index is 0.0202. The molecule has 1 saturated heterocycles.